The molecule has 1 saturated heterocycles. The molecule has 1 amide bonds. The van der Waals surface area contributed by atoms with E-state index in [2.05, 4.69) is 38.7 Å². The van der Waals surface area contributed by atoms with Gasteiger partial charge in [0.15, 0.2) is 11.5 Å². The summed E-state index contributed by atoms with van der Waals surface area (Å²) in [6, 6.07) is 10.9. The number of methoxy groups -OCH3 is 2. The summed E-state index contributed by atoms with van der Waals surface area (Å²) in [5, 5.41) is 5.21. The van der Waals surface area contributed by atoms with Gasteiger partial charge in [0.05, 0.1) is 45.1 Å². The van der Waals surface area contributed by atoms with E-state index in [-0.39, 0.29) is 5.91 Å². The van der Waals surface area contributed by atoms with E-state index in [1.54, 1.807) is 25.6 Å². The van der Waals surface area contributed by atoms with Gasteiger partial charge in [-0.05, 0) is 42.1 Å². The van der Waals surface area contributed by atoms with Crippen LogP contribution in [0.25, 0.3) is 10.9 Å². The van der Waals surface area contributed by atoms with Crippen LogP contribution in [0, 0.1) is 0 Å². The fraction of sp³-hybridized carbons (Fsp3) is 0.300. The summed E-state index contributed by atoms with van der Waals surface area (Å²) < 4.78 is 28.8. The smallest absolute Gasteiger partial charge is 0.261 e. The van der Waals surface area contributed by atoms with Crippen LogP contribution in [0.4, 0.5) is 5.69 Å². The maximum Gasteiger partial charge on any atom is 0.261 e. The zero-order chi connectivity index (χ0) is 29.5. The lowest BCUT2D eigenvalue weighted by Crippen LogP contribution is -2.37. The highest BCUT2D eigenvalue weighted by molar-refractivity contribution is 7.29. The minimum absolute atomic E-state index is 0.326. The summed E-state index contributed by atoms with van der Waals surface area (Å²) in [7, 11) is 8.44. The molecule has 2 aromatic carbocycles. The SMILES string of the molecule is COc1cc2c(Oc3cc(P)c(NC(=O)c4cnccc4OC)cc3P)ccnc2cc1OCCCN1CCOCC1. The van der Waals surface area contributed by atoms with Gasteiger partial charge in [0, 0.05) is 60.7 Å². The number of amides is 1. The topological polar surface area (TPSA) is 104 Å². The Morgan fingerprint density at radius 3 is 2.52 bits per heavy atom. The van der Waals surface area contributed by atoms with Crippen molar-refractivity contribution in [3.63, 3.8) is 0 Å². The number of rotatable bonds is 11. The van der Waals surface area contributed by atoms with Crippen molar-refractivity contribution in [3.05, 3.63) is 60.6 Å². The van der Waals surface area contributed by atoms with Crippen LogP contribution in [-0.2, 0) is 4.74 Å². The van der Waals surface area contributed by atoms with E-state index in [1.165, 1.54) is 13.3 Å². The molecule has 1 fully saturated rings. The molecule has 3 heterocycles. The van der Waals surface area contributed by atoms with Crippen molar-refractivity contribution >= 4 is 51.6 Å². The predicted molar refractivity (Wildman–Crippen MR) is 170 cm³/mol. The molecule has 5 rings (SSSR count). The molecule has 1 N–H and O–H groups in total. The number of aromatic nitrogens is 2. The van der Waals surface area contributed by atoms with E-state index in [0.29, 0.717) is 46.6 Å². The van der Waals surface area contributed by atoms with Gasteiger partial charge in [-0.3, -0.25) is 19.7 Å². The van der Waals surface area contributed by atoms with Gasteiger partial charge in [-0.15, -0.1) is 18.5 Å². The molecule has 0 radical (unpaired) electrons. The first kappa shape index (κ1) is 29.9. The van der Waals surface area contributed by atoms with Crippen molar-refractivity contribution in [2.75, 3.05) is 59.0 Å². The molecular formula is C30H34N4O6P2. The number of hydrogen-bond donors (Lipinski definition) is 1. The first-order valence-corrected chi connectivity index (χ1v) is 14.7. The van der Waals surface area contributed by atoms with Crippen molar-refractivity contribution in [2.24, 2.45) is 0 Å². The molecular weight excluding hydrogens is 574 g/mol. The summed E-state index contributed by atoms with van der Waals surface area (Å²) in [6.45, 7) is 5.02. The summed E-state index contributed by atoms with van der Waals surface area (Å²) >= 11 is 0. The largest absolute Gasteiger partial charge is 0.496 e. The maximum atomic E-state index is 12.9. The van der Waals surface area contributed by atoms with Gasteiger partial charge in [-0.2, -0.15) is 0 Å². The van der Waals surface area contributed by atoms with Gasteiger partial charge < -0.3 is 29.0 Å². The van der Waals surface area contributed by atoms with Crippen molar-refractivity contribution in [1.29, 1.82) is 0 Å². The number of hydrogen-bond acceptors (Lipinski definition) is 9. The fourth-order valence-electron chi connectivity index (χ4n) is 4.63. The lowest BCUT2D eigenvalue weighted by Gasteiger charge is -2.26. The summed E-state index contributed by atoms with van der Waals surface area (Å²) in [6.07, 6.45) is 5.65. The van der Waals surface area contributed by atoms with Crippen LogP contribution < -0.4 is 34.9 Å². The second kappa shape index (κ2) is 14.1. The van der Waals surface area contributed by atoms with E-state index in [4.69, 9.17) is 23.7 Å². The lowest BCUT2D eigenvalue weighted by molar-refractivity contribution is 0.0357. The van der Waals surface area contributed by atoms with Crippen LogP contribution in [0.2, 0.25) is 0 Å². The number of fused-ring (bicyclic) bond motifs is 1. The Bertz CT molecular complexity index is 1560. The van der Waals surface area contributed by atoms with E-state index < -0.39 is 0 Å². The summed E-state index contributed by atoms with van der Waals surface area (Å²) in [4.78, 5) is 23.9. The standard InChI is InChI=1S/C30H34N4O6P2/c1-36-23-4-6-31-18-20(23)30(35)33-22-16-29(42)27(17-28(22)41)40-24-5-7-32-21-15-26(25(37-2)14-19(21)24)39-11-3-8-34-9-12-38-13-10-34/h4-7,14-18H,3,8-13,41-42H2,1-2H3,(H,33,35). The third-order valence-corrected chi connectivity index (χ3v) is 7.79. The van der Waals surface area contributed by atoms with Crippen LogP contribution in [-0.4, -0.2) is 74.4 Å². The number of ether oxygens (including phenoxy) is 5. The molecule has 4 aromatic rings. The first-order valence-electron chi connectivity index (χ1n) is 13.5. The van der Waals surface area contributed by atoms with E-state index >= 15 is 0 Å². The third kappa shape index (κ3) is 7.08. The zero-order valence-electron chi connectivity index (χ0n) is 23.6. The zero-order valence-corrected chi connectivity index (χ0v) is 25.9. The van der Waals surface area contributed by atoms with Gasteiger partial charge in [0.1, 0.15) is 17.2 Å². The molecule has 2 aromatic heterocycles. The highest BCUT2D eigenvalue weighted by Gasteiger charge is 2.17. The molecule has 2 unspecified atom stereocenters. The number of nitrogens with zero attached hydrogens (tertiary/aromatic N) is 3. The van der Waals surface area contributed by atoms with Gasteiger partial charge in [0.2, 0.25) is 0 Å². The van der Waals surface area contributed by atoms with Crippen molar-refractivity contribution in [3.8, 4) is 28.7 Å². The van der Waals surface area contributed by atoms with Crippen LogP contribution >= 0.6 is 18.5 Å². The summed E-state index contributed by atoms with van der Waals surface area (Å²) in [5.41, 5.74) is 1.68. The number of benzene rings is 2. The fourth-order valence-corrected chi connectivity index (χ4v) is 5.25. The van der Waals surface area contributed by atoms with Crippen LogP contribution in [0.15, 0.2) is 55.0 Å². The van der Waals surface area contributed by atoms with Crippen LogP contribution in [0.3, 0.4) is 0 Å². The molecule has 42 heavy (non-hydrogen) atoms. The van der Waals surface area contributed by atoms with Gasteiger partial charge in [-0.25, -0.2) is 0 Å². The number of carbonyl (C=O) groups is 1. The Morgan fingerprint density at radius 1 is 0.952 bits per heavy atom. The molecule has 0 spiro atoms. The number of nitrogens with one attached hydrogen (secondary N) is 1. The molecule has 1 aliphatic heterocycles. The van der Waals surface area contributed by atoms with Crippen LogP contribution in [0.5, 0.6) is 28.7 Å². The molecule has 10 nitrogen and oxygen atoms in total. The monoisotopic (exact) mass is 608 g/mol. The molecule has 1 aliphatic rings. The normalized spacial score (nSPS) is 13.5. The minimum Gasteiger partial charge on any atom is -0.496 e. The van der Waals surface area contributed by atoms with Crippen molar-refractivity contribution in [1.82, 2.24) is 14.9 Å². The quantitative estimate of drug-likeness (QED) is 0.201. The number of carbonyl (C=O) groups excluding carboxylic acids is 1. The van der Waals surface area contributed by atoms with Crippen molar-refractivity contribution < 1.29 is 28.5 Å². The first-order chi connectivity index (χ1) is 20.5. The van der Waals surface area contributed by atoms with Gasteiger partial charge >= 0.3 is 0 Å². The van der Waals surface area contributed by atoms with E-state index in [0.717, 1.165) is 60.8 Å². The Kier molecular flexibility index (Phi) is 10.0. The Hall–Kier alpha value is -3.55. The molecule has 12 heteroatoms. The molecule has 0 saturated carbocycles. The third-order valence-electron chi connectivity index (χ3n) is 6.86. The van der Waals surface area contributed by atoms with Gasteiger partial charge in [-0.1, -0.05) is 0 Å². The molecule has 0 aliphatic carbocycles. The Labute approximate surface area is 249 Å². The second-order valence-electron chi connectivity index (χ2n) is 9.59. The molecule has 220 valence electrons. The van der Waals surface area contributed by atoms with Crippen molar-refractivity contribution in [2.45, 2.75) is 6.42 Å². The number of pyridine rings is 2. The molecule has 2 atom stereocenters. The summed E-state index contributed by atoms with van der Waals surface area (Å²) in [5.74, 6) is 2.59. The highest BCUT2D eigenvalue weighted by atomic mass is 31.0. The maximum absolute atomic E-state index is 12.9. The number of anilines is 1. The van der Waals surface area contributed by atoms with Crippen LogP contribution in [0.1, 0.15) is 16.8 Å². The Balaban J connectivity index is 1.31. The Morgan fingerprint density at radius 2 is 1.74 bits per heavy atom. The van der Waals surface area contributed by atoms with Gasteiger partial charge in [0.25, 0.3) is 5.91 Å². The molecule has 0 bridgehead atoms. The average Bonchev–Trinajstić information content (AvgIpc) is 3.01. The minimum atomic E-state index is -0.326. The van der Waals surface area contributed by atoms with E-state index in [1.807, 2.05) is 30.3 Å². The highest BCUT2D eigenvalue weighted by Crippen LogP contribution is 2.37. The predicted octanol–water partition coefficient (Wildman–Crippen LogP) is 3.79. The average molecular weight is 609 g/mol. The lowest BCUT2D eigenvalue weighted by atomic mass is 10.1. The van der Waals surface area contributed by atoms with E-state index in [9.17, 15) is 4.79 Å². The second-order valence-corrected chi connectivity index (χ2v) is 10.8. The number of morpholine rings is 1.